The average Bonchev–Trinajstić information content (AvgIpc) is 2.82. The Bertz CT molecular complexity index is 524. The third-order valence-electron chi connectivity index (χ3n) is 3.45. The standard InChI is InChI=1S/C13H22BrNO3S2/c1-4-10(5-2)8-15(6-3)20(17,18)12-7-11(9-16)19-13(12)14/h7,10,16H,4-6,8-9H2,1-3H3. The van der Waals surface area contributed by atoms with Gasteiger partial charge in [-0.15, -0.1) is 11.3 Å². The van der Waals surface area contributed by atoms with Crippen LogP contribution in [0.25, 0.3) is 0 Å². The molecule has 0 aliphatic carbocycles. The number of hydrogen-bond acceptors (Lipinski definition) is 4. The maximum Gasteiger partial charge on any atom is 0.245 e. The third kappa shape index (κ3) is 4.04. The van der Waals surface area contributed by atoms with E-state index >= 15 is 0 Å². The Kier molecular flexibility index (Phi) is 7.14. The van der Waals surface area contributed by atoms with Crippen molar-refractivity contribution in [3.05, 3.63) is 14.7 Å². The fourth-order valence-corrected chi connectivity index (χ4v) is 6.04. The zero-order valence-corrected chi connectivity index (χ0v) is 15.3. The van der Waals surface area contributed by atoms with Gasteiger partial charge in [0.1, 0.15) is 4.90 Å². The molecule has 20 heavy (non-hydrogen) atoms. The summed E-state index contributed by atoms with van der Waals surface area (Å²) in [4.78, 5) is 0.911. The van der Waals surface area contributed by atoms with Crippen molar-refractivity contribution in [2.24, 2.45) is 5.92 Å². The molecule has 116 valence electrons. The fourth-order valence-electron chi connectivity index (χ4n) is 2.02. The molecule has 0 saturated heterocycles. The molecule has 0 aliphatic rings. The Morgan fingerprint density at radius 3 is 2.35 bits per heavy atom. The van der Waals surface area contributed by atoms with E-state index in [1.807, 2.05) is 6.92 Å². The molecule has 0 radical (unpaired) electrons. The van der Waals surface area contributed by atoms with Crippen LogP contribution in [-0.4, -0.2) is 30.9 Å². The predicted octanol–water partition coefficient (Wildman–Crippen LogP) is 3.45. The third-order valence-corrected chi connectivity index (χ3v) is 7.63. The van der Waals surface area contributed by atoms with Gasteiger partial charge in [-0.25, -0.2) is 8.42 Å². The van der Waals surface area contributed by atoms with Crippen LogP contribution in [0.15, 0.2) is 14.7 Å². The van der Waals surface area contributed by atoms with Gasteiger partial charge in [0.25, 0.3) is 0 Å². The molecule has 4 nitrogen and oxygen atoms in total. The smallest absolute Gasteiger partial charge is 0.245 e. The summed E-state index contributed by atoms with van der Waals surface area (Å²) in [5.74, 6) is 0.374. The van der Waals surface area contributed by atoms with Crippen LogP contribution in [0.1, 0.15) is 38.5 Å². The molecule has 0 amide bonds. The molecule has 1 rings (SSSR count). The number of hydrogen-bond donors (Lipinski definition) is 1. The Labute approximate surface area is 134 Å². The van der Waals surface area contributed by atoms with Crippen LogP contribution >= 0.6 is 27.3 Å². The number of nitrogens with zero attached hydrogens (tertiary/aromatic N) is 1. The lowest BCUT2D eigenvalue weighted by Crippen LogP contribution is -2.35. The quantitative estimate of drug-likeness (QED) is 0.747. The Morgan fingerprint density at radius 2 is 1.95 bits per heavy atom. The molecule has 0 fully saturated rings. The molecule has 1 aromatic rings. The van der Waals surface area contributed by atoms with Gasteiger partial charge in [-0.05, 0) is 27.9 Å². The molecule has 0 spiro atoms. The van der Waals surface area contributed by atoms with E-state index in [9.17, 15) is 8.42 Å². The summed E-state index contributed by atoms with van der Waals surface area (Å²) in [7, 11) is -3.50. The molecule has 0 atom stereocenters. The lowest BCUT2D eigenvalue weighted by molar-refractivity contribution is 0.285. The normalized spacial score (nSPS) is 12.6. The Balaban J connectivity index is 3.08. The highest BCUT2D eigenvalue weighted by Crippen LogP contribution is 2.34. The number of sulfonamides is 1. The van der Waals surface area contributed by atoms with Gasteiger partial charge in [-0.3, -0.25) is 0 Å². The van der Waals surface area contributed by atoms with E-state index < -0.39 is 10.0 Å². The van der Waals surface area contributed by atoms with E-state index in [0.717, 1.165) is 12.8 Å². The fraction of sp³-hybridized carbons (Fsp3) is 0.692. The monoisotopic (exact) mass is 383 g/mol. The number of thiophene rings is 1. The maximum absolute atomic E-state index is 12.7. The molecular formula is C13H22BrNO3S2. The molecule has 7 heteroatoms. The highest BCUT2D eigenvalue weighted by atomic mass is 79.9. The van der Waals surface area contributed by atoms with Crippen molar-refractivity contribution in [3.63, 3.8) is 0 Å². The summed E-state index contributed by atoms with van der Waals surface area (Å²) in [6.07, 6.45) is 1.93. The topological polar surface area (TPSA) is 57.6 Å². The zero-order chi connectivity index (χ0) is 15.3. The molecular weight excluding hydrogens is 362 g/mol. The van der Waals surface area contributed by atoms with Crippen LogP contribution in [0.3, 0.4) is 0 Å². The van der Waals surface area contributed by atoms with Crippen LogP contribution < -0.4 is 0 Å². The number of aliphatic hydroxyl groups excluding tert-OH is 1. The summed E-state index contributed by atoms with van der Waals surface area (Å²) < 4.78 is 27.5. The van der Waals surface area contributed by atoms with Gasteiger partial charge in [0.2, 0.25) is 10.0 Å². The maximum atomic E-state index is 12.7. The number of halogens is 1. The lowest BCUT2D eigenvalue weighted by Gasteiger charge is -2.24. The van der Waals surface area contributed by atoms with Crippen molar-refractivity contribution < 1.29 is 13.5 Å². The molecule has 0 bridgehead atoms. The Hall–Kier alpha value is 0.0500. The van der Waals surface area contributed by atoms with Gasteiger partial charge >= 0.3 is 0 Å². The molecule has 0 aromatic carbocycles. The van der Waals surface area contributed by atoms with Gasteiger partial charge in [0, 0.05) is 18.0 Å². The highest BCUT2D eigenvalue weighted by Gasteiger charge is 2.28. The van der Waals surface area contributed by atoms with E-state index in [0.29, 0.717) is 27.7 Å². The molecule has 0 saturated carbocycles. The van der Waals surface area contributed by atoms with E-state index in [2.05, 4.69) is 29.8 Å². The molecule has 0 aliphatic heterocycles. The second-order valence-electron chi connectivity index (χ2n) is 4.65. The summed E-state index contributed by atoms with van der Waals surface area (Å²) in [5.41, 5.74) is 0. The average molecular weight is 384 g/mol. The van der Waals surface area contributed by atoms with Gasteiger partial charge in [-0.1, -0.05) is 33.6 Å². The predicted molar refractivity (Wildman–Crippen MR) is 86.4 cm³/mol. The van der Waals surface area contributed by atoms with Crippen molar-refractivity contribution in [2.45, 2.75) is 45.1 Å². The SMILES string of the molecule is CCC(CC)CN(CC)S(=O)(=O)c1cc(CO)sc1Br. The summed E-state index contributed by atoms with van der Waals surface area (Å²) in [6.45, 7) is 6.88. The minimum absolute atomic E-state index is 0.141. The largest absolute Gasteiger partial charge is 0.391 e. The molecule has 1 aromatic heterocycles. The van der Waals surface area contributed by atoms with Crippen LogP contribution in [0.4, 0.5) is 0 Å². The van der Waals surface area contributed by atoms with Crippen molar-refractivity contribution >= 4 is 37.3 Å². The van der Waals surface area contributed by atoms with Gasteiger partial charge in [0.05, 0.1) is 10.4 Å². The van der Waals surface area contributed by atoms with Gasteiger partial charge < -0.3 is 5.11 Å². The second-order valence-corrected chi connectivity index (χ2v) is 9.01. The van der Waals surface area contributed by atoms with E-state index in [1.165, 1.54) is 15.6 Å². The summed E-state index contributed by atoms with van der Waals surface area (Å²) in [6, 6.07) is 1.56. The second kappa shape index (κ2) is 7.89. The van der Waals surface area contributed by atoms with Crippen molar-refractivity contribution in [2.75, 3.05) is 13.1 Å². The van der Waals surface area contributed by atoms with Gasteiger partial charge in [-0.2, -0.15) is 4.31 Å². The van der Waals surface area contributed by atoms with Crippen molar-refractivity contribution in [1.82, 2.24) is 4.31 Å². The van der Waals surface area contributed by atoms with Crippen LogP contribution in [0, 0.1) is 5.92 Å². The highest BCUT2D eigenvalue weighted by molar-refractivity contribution is 9.11. The first-order chi connectivity index (χ1) is 9.40. The number of rotatable bonds is 8. The first kappa shape index (κ1) is 18.1. The molecule has 1 N–H and O–H groups in total. The summed E-state index contributed by atoms with van der Waals surface area (Å²) >= 11 is 4.55. The van der Waals surface area contributed by atoms with Crippen LogP contribution in [0.2, 0.25) is 0 Å². The zero-order valence-electron chi connectivity index (χ0n) is 12.1. The summed E-state index contributed by atoms with van der Waals surface area (Å²) in [5, 5.41) is 9.14. The Morgan fingerprint density at radius 1 is 1.35 bits per heavy atom. The molecule has 1 heterocycles. The first-order valence-corrected chi connectivity index (χ1v) is 9.84. The minimum Gasteiger partial charge on any atom is -0.391 e. The minimum atomic E-state index is -3.50. The van der Waals surface area contributed by atoms with Crippen molar-refractivity contribution in [3.8, 4) is 0 Å². The number of aliphatic hydroxyl groups is 1. The van der Waals surface area contributed by atoms with Gasteiger partial charge in [0.15, 0.2) is 0 Å². The van der Waals surface area contributed by atoms with E-state index in [-0.39, 0.29) is 11.5 Å². The van der Waals surface area contributed by atoms with E-state index in [4.69, 9.17) is 5.11 Å². The van der Waals surface area contributed by atoms with Crippen LogP contribution in [0.5, 0.6) is 0 Å². The first-order valence-electron chi connectivity index (χ1n) is 6.79. The van der Waals surface area contributed by atoms with Crippen LogP contribution in [-0.2, 0) is 16.6 Å². The van der Waals surface area contributed by atoms with E-state index in [1.54, 1.807) is 6.07 Å². The molecule has 0 unspecified atom stereocenters. The lowest BCUT2D eigenvalue weighted by atomic mass is 10.0. The van der Waals surface area contributed by atoms with Crippen molar-refractivity contribution in [1.29, 1.82) is 0 Å².